The van der Waals surface area contributed by atoms with Crippen LogP contribution in [0.15, 0.2) is 22.7 Å². The van der Waals surface area contributed by atoms with E-state index >= 15 is 0 Å². The maximum absolute atomic E-state index is 11.4. The number of hydrazine groups is 1. The first-order chi connectivity index (χ1) is 9.62. The standard InChI is InChI=1S/C14H22BrN3O2/c1-2-3-6-18(7-8-19)10-12-5-4-11(9-13(12)15)14(20)17-16/h4-5,9,19H,2-3,6-8,10,16H2,1H3,(H,17,20). The first-order valence-corrected chi connectivity index (χ1v) is 7.54. The Balaban J connectivity index is 2.77. The van der Waals surface area contributed by atoms with Gasteiger partial charge in [0.25, 0.3) is 5.91 Å². The van der Waals surface area contributed by atoms with Crippen molar-refractivity contribution in [3.63, 3.8) is 0 Å². The zero-order valence-electron chi connectivity index (χ0n) is 11.7. The second-order valence-electron chi connectivity index (χ2n) is 4.63. The normalized spacial score (nSPS) is 10.8. The fourth-order valence-electron chi connectivity index (χ4n) is 1.93. The van der Waals surface area contributed by atoms with Crippen LogP contribution in [-0.2, 0) is 6.54 Å². The molecular weight excluding hydrogens is 322 g/mol. The van der Waals surface area contributed by atoms with Crippen LogP contribution < -0.4 is 11.3 Å². The van der Waals surface area contributed by atoms with Crippen LogP contribution in [0.4, 0.5) is 0 Å². The van der Waals surface area contributed by atoms with Crippen LogP contribution in [-0.4, -0.2) is 35.6 Å². The summed E-state index contributed by atoms with van der Waals surface area (Å²) in [6.07, 6.45) is 2.23. The van der Waals surface area contributed by atoms with Crippen LogP contribution >= 0.6 is 15.9 Å². The maximum Gasteiger partial charge on any atom is 0.265 e. The molecule has 0 heterocycles. The van der Waals surface area contributed by atoms with E-state index in [9.17, 15) is 4.79 Å². The van der Waals surface area contributed by atoms with Gasteiger partial charge in [-0.25, -0.2) is 5.84 Å². The highest BCUT2D eigenvalue weighted by Gasteiger charge is 2.10. The summed E-state index contributed by atoms with van der Waals surface area (Å²) in [5.41, 5.74) is 3.72. The maximum atomic E-state index is 11.4. The second kappa shape index (κ2) is 9.07. The molecule has 0 saturated heterocycles. The number of aliphatic hydroxyl groups excluding tert-OH is 1. The van der Waals surface area contributed by atoms with Gasteiger partial charge in [-0.05, 0) is 30.7 Å². The topological polar surface area (TPSA) is 78.6 Å². The molecule has 0 aliphatic heterocycles. The molecule has 0 aliphatic carbocycles. The Hall–Kier alpha value is -0.950. The number of unbranched alkanes of at least 4 members (excludes halogenated alkanes) is 1. The number of carbonyl (C=O) groups is 1. The van der Waals surface area contributed by atoms with Crippen LogP contribution in [0.2, 0.25) is 0 Å². The largest absolute Gasteiger partial charge is 0.395 e. The summed E-state index contributed by atoms with van der Waals surface area (Å²) in [4.78, 5) is 13.6. The zero-order chi connectivity index (χ0) is 15.0. The van der Waals surface area contributed by atoms with E-state index in [1.807, 2.05) is 6.07 Å². The Morgan fingerprint density at radius 1 is 1.45 bits per heavy atom. The Morgan fingerprint density at radius 2 is 2.20 bits per heavy atom. The summed E-state index contributed by atoms with van der Waals surface area (Å²) < 4.78 is 0.873. The van der Waals surface area contributed by atoms with Gasteiger partial charge in [0.2, 0.25) is 0 Å². The molecule has 1 rings (SSSR count). The monoisotopic (exact) mass is 343 g/mol. The minimum absolute atomic E-state index is 0.148. The smallest absolute Gasteiger partial charge is 0.265 e. The van der Waals surface area contributed by atoms with E-state index in [1.54, 1.807) is 12.1 Å². The lowest BCUT2D eigenvalue weighted by molar-refractivity contribution is 0.0953. The molecule has 1 aromatic carbocycles. The molecule has 4 N–H and O–H groups in total. The molecule has 0 spiro atoms. The van der Waals surface area contributed by atoms with Crippen molar-refractivity contribution in [1.29, 1.82) is 0 Å². The van der Waals surface area contributed by atoms with Gasteiger partial charge in [0.15, 0.2) is 0 Å². The van der Waals surface area contributed by atoms with Crippen molar-refractivity contribution < 1.29 is 9.90 Å². The Labute approximate surface area is 128 Å². The van der Waals surface area contributed by atoms with Gasteiger partial charge < -0.3 is 5.11 Å². The Bertz CT molecular complexity index is 440. The van der Waals surface area contributed by atoms with E-state index in [4.69, 9.17) is 10.9 Å². The SMILES string of the molecule is CCCCN(CCO)Cc1ccc(C(=O)NN)cc1Br. The molecule has 6 heteroatoms. The van der Waals surface area contributed by atoms with E-state index < -0.39 is 0 Å². The third-order valence-corrected chi connectivity index (χ3v) is 3.82. The number of amides is 1. The van der Waals surface area contributed by atoms with E-state index in [0.717, 1.165) is 36.0 Å². The molecule has 0 fully saturated rings. The first-order valence-electron chi connectivity index (χ1n) is 6.75. The summed E-state index contributed by atoms with van der Waals surface area (Å²) in [5.74, 6) is 4.81. The number of nitrogens with two attached hydrogens (primary N) is 1. The van der Waals surface area contributed by atoms with Gasteiger partial charge in [-0.15, -0.1) is 0 Å². The van der Waals surface area contributed by atoms with Gasteiger partial charge in [-0.3, -0.25) is 15.1 Å². The Morgan fingerprint density at radius 3 is 2.75 bits per heavy atom. The number of hydrogen-bond acceptors (Lipinski definition) is 4. The highest BCUT2D eigenvalue weighted by molar-refractivity contribution is 9.10. The number of nitrogens with one attached hydrogen (secondary N) is 1. The second-order valence-corrected chi connectivity index (χ2v) is 5.49. The average Bonchev–Trinajstić information content (AvgIpc) is 2.46. The zero-order valence-corrected chi connectivity index (χ0v) is 13.3. The summed E-state index contributed by atoms with van der Waals surface area (Å²) in [6, 6.07) is 5.42. The number of rotatable bonds is 8. The van der Waals surface area contributed by atoms with Crippen molar-refractivity contribution in [3.8, 4) is 0 Å². The van der Waals surface area contributed by atoms with Crippen molar-refractivity contribution in [2.75, 3.05) is 19.7 Å². The minimum atomic E-state index is -0.310. The molecule has 0 aliphatic rings. The summed E-state index contributed by atoms with van der Waals surface area (Å²) >= 11 is 3.48. The van der Waals surface area contributed by atoms with Crippen LogP contribution in [0.1, 0.15) is 35.7 Å². The van der Waals surface area contributed by atoms with Crippen molar-refractivity contribution >= 4 is 21.8 Å². The molecule has 0 radical (unpaired) electrons. The fraction of sp³-hybridized carbons (Fsp3) is 0.500. The molecule has 0 bridgehead atoms. The number of nitrogen functional groups attached to an aromatic ring is 1. The minimum Gasteiger partial charge on any atom is -0.395 e. The predicted molar refractivity (Wildman–Crippen MR) is 83.1 cm³/mol. The fourth-order valence-corrected chi connectivity index (χ4v) is 2.44. The average molecular weight is 344 g/mol. The van der Waals surface area contributed by atoms with Crippen molar-refractivity contribution in [3.05, 3.63) is 33.8 Å². The molecule has 112 valence electrons. The molecule has 0 aromatic heterocycles. The van der Waals surface area contributed by atoms with Gasteiger partial charge in [0, 0.05) is 23.1 Å². The van der Waals surface area contributed by atoms with E-state index in [0.29, 0.717) is 12.1 Å². The quantitative estimate of drug-likeness (QED) is 0.381. The third kappa shape index (κ3) is 5.20. The molecule has 0 saturated carbocycles. The lowest BCUT2D eigenvalue weighted by Crippen LogP contribution is -2.30. The molecule has 1 aromatic rings. The van der Waals surface area contributed by atoms with Gasteiger partial charge >= 0.3 is 0 Å². The number of nitrogens with zero attached hydrogens (tertiary/aromatic N) is 1. The Kier molecular flexibility index (Phi) is 7.76. The van der Waals surface area contributed by atoms with E-state index in [2.05, 4.69) is 33.2 Å². The summed E-state index contributed by atoms with van der Waals surface area (Å²) in [7, 11) is 0. The molecule has 0 unspecified atom stereocenters. The highest BCUT2D eigenvalue weighted by atomic mass is 79.9. The number of hydrogen-bond donors (Lipinski definition) is 3. The highest BCUT2D eigenvalue weighted by Crippen LogP contribution is 2.20. The van der Waals surface area contributed by atoms with Gasteiger partial charge in [0.1, 0.15) is 0 Å². The number of benzene rings is 1. The number of aliphatic hydroxyl groups is 1. The van der Waals surface area contributed by atoms with Gasteiger partial charge in [-0.1, -0.05) is 35.3 Å². The summed E-state index contributed by atoms with van der Waals surface area (Å²) in [6.45, 7) is 4.64. The summed E-state index contributed by atoms with van der Waals surface area (Å²) in [5, 5.41) is 9.11. The van der Waals surface area contributed by atoms with Crippen LogP contribution in [0.25, 0.3) is 0 Å². The molecule has 5 nitrogen and oxygen atoms in total. The van der Waals surface area contributed by atoms with Crippen molar-refractivity contribution in [2.24, 2.45) is 5.84 Å². The van der Waals surface area contributed by atoms with Crippen LogP contribution in [0.5, 0.6) is 0 Å². The van der Waals surface area contributed by atoms with Crippen molar-refractivity contribution in [1.82, 2.24) is 10.3 Å². The van der Waals surface area contributed by atoms with E-state index in [-0.39, 0.29) is 12.5 Å². The number of carbonyl (C=O) groups excluding carboxylic acids is 1. The van der Waals surface area contributed by atoms with Crippen molar-refractivity contribution in [2.45, 2.75) is 26.3 Å². The predicted octanol–water partition coefficient (Wildman–Crippen LogP) is 1.65. The molecular formula is C14H22BrN3O2. The molecule has 20 heavy (non-hydrogen) atoms. The van der Waals surface area contributed by atoms with Gasteiger partial charge in [0.05, 0.1) is 6.61 Å². The lowest BCUT2D eigenvalue weighted by atomic mass is 10.1. The van der Waals surface area contributed by atoms with Gasteiger partial charge in [-0.2, -0.15) is 0 Å². The number of halogens is 1. The van der Waals surface area contributed by atoms with Crippen LogP contribution in [0, 0.1) is 0 Å². The first kappa shape index (κ1) is 17.1. The van der Waals surface area contributed by atoms with E-state index in [1.165, 1.54) is 0 Å². The molecule has 1 amide bonds. The lowest BCUT2D eigenvalue weighted by Gasteiger charge is -2.22. The third-order valence-electron chi connectivity index (χ3n) is 3.08. The van der Waals surface area contributed by atoms with Crippen LogP contribution in [0.3, 0.4) is 0 Å². The molecule has 0 atom stereocenters.